The molecule has 0 spiro atoms. The minimum absolute atomic E-state index is 0.0787. The average Bonchev–Trinajstić information content (AvgIpc) is 2.58. The lowest BCUT2D eigenvalue weighted by atomic mass is 10.0. The van der Waals surface area contributed by atoms with Crippen LogP contribution in [0, 0.1) is 10.1 Å². The predicted octanol–water partition coefficient (Wildman–Crippen LogP) is 1.68. The Bertz CT molecular complexity index is 529. The zero-order valence-corrected chi connectivity index (χ0v) is 10.5. The number of methoxy groups -OCH3 is 1. The van der Waals surface area contributed by atoms with Gasteiger partial charge >= 0.3 is 11.8 Å². The molecule has 0 bridgehead atoms. The highest BCUT2D eigenvalue weighted by atomic mass is 16.6. The van der Waals surface area contributed by atoms with Gasteiger partial charge in [0.15, 0.2) is 5.75 Å². The molecule has 1 heterocycles. The van der Waals surface area contributed by atoms with E-state index in [-0.39, 0.29) is 11.4 Å². The van der Waals surface area contributed by atoms with E-state index < -0.39 is 11.0 Å². The molecule has 1 aromatic rings. The summed E-state index contributed by atoms with van der Waals surface area (Å²) in [7, 11) is 1.38. The van der Waals surface area contributed by atoms with Crippen LogP contribution in [-0.2, 0) is 12.8 Å². The summed E-state index contributed by atoms with van der Waals surface area (Å²) in [6.45, 7) is 0.745. The second-order valence-electron chi connectivity index (χ2n) is 4.32. The molecule has 2 rings (SSSR count). The molecular weight excluding hydrogens is 252 g/mol. The van der Waals surface area contributed by atoms with Gasteiger partial charge in [0.05, 0.1) is 12.0 Å². The Morgan fingerprint density at radius 2 is 1.95 bits per heavy atom. The van der Waals surface area contributed by atoms with Crippen molar-refractivity contribution in [3.8, 4) is 5.75 Å². The third-order valence-corrected chi connectivity index (χ3v) is 3.27. The van der Waals surface area contributed by atoms with E-state index in [0.717, 1.165) is 11.1 Å². The van der Waals surface area contributed by atoms with E-state index in [1.54, 1.807) is 6.07 Å². The van der Waals surface area contributed by atoms with Gasteiger partial charge in [-0.1, -0.05) is 0 Å². The summed E-state index contributed by atoms with van der Waals surface area (Å²) in [6.07, 6.45) is 0.0527. The van der Waals surface area contributed by atoms with E-state index in [0.29, 0.717) is 25.9 Å². The molecule has 0 saturated carbocycles. The summed E-state index contributed by atoms with van der Waals surface area (Å²) in [6, 6.07) is 3.12. The highest BCUT2D eigenvalue weighted by Gasteiger charge is 2.23. The van der Waals surface area contributed by atoms with Crippen molar-refractivity contribution in [3.05, 3.63) is 33.4 Å². The number of hydrogen-bond donors (Lipinski definition) is 1. The summed E-state index contributed by atoms with van der Waals surface area (Å²) in [5.74, 6) is 0.215. The number of rotatable bonds is 2. The fourth-order valence-corrected chi connectivity index (χ4v) is 2.24. The van der Waals surface area contributed by atoms with Gasteiger partial charge < -0.3 is 14.7 Å². The van der Waals surface area contributed by atoms with Crippen molar-refractivity contribution in [2.45, 2.75) is 12.8 Å². The van der Waals surface area contributed by atoms with Gasteiger partial charge in [-0.3, -0.25) is 10.1 Å². The Kier molecular flexibility index (Phi) is 3.55. The number of carbonyl (C=O) groups is 1. The minimum Gasteiger partial charge on any atom is -0.490 e. The van der Waals surface area contributed by atoms with Crippen molar-refractivity contribution in [2.75, 3.05) is 20.2 Å². The largest absolute Gasteiger partial charge is 0.490 e. The summed E-state index contributed by atoms with van der Waals surface area (Å²) >= 11 is 0. The summed E-state index contributed by atoms with van der Waals surface area (Å²) in [4.78, 5) is 22.7. The number of benzene rings is 1. The minimum atomic E-state index is -0.964. The van der Waals surface area contributed by atoms with Crippen LogP contribution in [0.3, 0.4) is 0 Å². The van der Waals surface area contributed by atoms with Gasteiger partial charge in [0, 0.05) is 19.2 Å². The standard InChI is InChI=1S/C12H14N2O5/c1-19-11-7-9-3-5-13(12(15)16)4-2-8(9)6-10(11)14(17)18/h6-7H,2-5H2,1H3,(H,15,16). The van der Waals surface area contributed by atoms with Crippen molar-refractivity contribution < 1.29 is 19.6 Å². The van der Waals surface area contributed by atoms with Gasteiger partial charge in [0.25, 0.3) is 0 Å². The van der Waals surface area contributed by atoms with Crippen molar-refractivity contribution in [2.24, 2.45) is 0 Å². The first-order valence-electron chi connectivity index (χ1n) is 5.85. The smallest absolute Gasteiger partial charge is 0.407 e. The molecule has 1 aromatic carbocycles. The quantitative estimate of drug-likeness (QED) is 0.649. The number of fused-ring (bicyclic) bond motifs is 1. The number of amides is 1. The van der Waals surface area contributed by atoms with Gasteiger partial charge in [0.1, 0.15) is 0 Å². The van der Waals surface area contributed by atoms with Crippen molar-refractivity contribution in [1.82, 2.24) is 4.90 Å². The number of ether oxygens (including phenoxy) is 1. The van der Waals surface area contributed by atoms with Crippen LogP contribution in [0.25, 0.3) is 0 Å². The summed E-state index contributed by atoms with van der Waals surface area (Å²) in [5.41, 5.74) is 1.65. The van der Waals surface area contributed by atoms with Gasteiger partial charge in [-0.2, -0.15) is 0 Å². The molecule has 0 unspecified atom stereocenters. The first-order valence-corrected chi connectivity index (χ1v) is 5.85. The van der Waals surface area contributed by atoms with Crippen molar-refractivity contribution >= 4 is 11.8 Å². The maximum Gasteiger partial charge on any atom is 0.407 e. The van der Waals surface area contributed by atoms with Crippen LogP contribution in [0.15, 0.2) is 12.1 Å². The van der Waals surface area contributed by atoms with Crippen LogP contribution >= 0.6 is 0 Å². The van der Waals surface area contributed by atoms with Gasteiger partial charge in [-0.15, -0.1) is 0 Å². The zero-order chi connectivity index (χ0) is 14.0. The third-order valence-electron chi connectivity index (χ3n) is 3.27. The third kappa shape index (κ3) is 2.59. The predicted molar refractivity (Wildman–Crippen MR) is 66.7 cm³/mol. The molecule has 19 heavy (non-hydrogen) atoms. The Balaban J connectivity index is 2.37. The summed E-state index contributed by atoms with van der Waals surface area (Å²) in [5, 5.41) is 19.9. The maximum atomic E-state index is 10.9. The molecule has 0 saturated heterocycles. The molecule has 1 amide bonds. The second-order valence-corrected chi connectivity index (χ2v) is 4.32. The normalized spacial score (nSPS) is 14.5. The van der Waals surface area contributed by atoms with Crippen LogP contribution in [0.1, 0.15) is 11.1 Å². The Hall–Kier alpha value is -2.31. The summed E-state index contributed by atoms with van der Waals surface area (Å²) < 4.78 is 5.02. The van der Waals surface area contributed by atoms with E-state index in [2.05, 4.69) is 0 Å². The Morgan fingerprint density at radius 1 is 1.37 bits per heavy atom. The Morgan fingerprint density at radius 3 is 2.42 bits per heavy atom. The Labute approximate surface area is 109 Å². The van der Waals surface area contributed by atoms with Gasteiger partial charge in [0.2, 0.25) is 0 Å². The maximum absolute atomic E-state index is 10.9. The molecule has 7 heteroatoms. The lowest BCUT2D eigenvalue weighted by Crippen LogP contribution is -2.31. The van der Waals surface area contributed by atoms with Crippen LogP contribution in [-0.4, -0.2) is 41.2 Å². The fraction of sp³-hybridized carbons (Fsp3) is 0.417. The highest BCUT2D eigenvalue weighted by Crippen LogP contribution is 2.32. The SMILES string of the molecule is COc1cc2c(cc1[N+](=O)[O-])CCN(C(=O)O)CC2. The lowest BCUT2D eigenvalue weighted by molar-refractivity contribution is -0.385. The van der Waals surface area contributed by atoms with Crippen molar-refractivity contribution in [1.29, 1.82) is 0 Å². The average molecular weight is 266 g/mol. The monoisotopic (exact) mass is 266 g/mol. The van der Waals surface area contributed by atoms with Crippen LogP contribution < -0.4 is 4.74 Å². The van der Waals surface area contributed by atoms with E-state index in [4.69, 9.17) is 9.84 Å². The molecule has 1 aliphatic rings. The molecule has 0 aromatic heterocycles. The molecule has 0 aliphatic carbocycles. The molecule has 1 N–H and O–H groups in total. The van der Waals surface area contributed by atoms with Gasteiger partial charge in [-0.05, 0) is 30.0 Å². The molecule has 0 fully saturated rings. The van der Waals surface area contributed by atoms with Crippen LogP contribution in [0.5, 0.6) is 5.75 Å². The van der Waals surface area contributed by atoms with E-state index >= 15 is 0 Å². The van der Waals surface area contributed by atoms with Crippen LogP contribution in [0.4, 0.5) is 10.5 Å². The van der Waals surface area contributed by atoms with E-state index in [9.17, 15) is 14.9 Å². The molecule has 7 nitrogen and oxygen atoms in total. The highest BCUT2D eigenvalue weighted by molar-refractivity contribution is 5.65. The number of nitro groups is 1. The first-order chi connectivity index (χ1) is 9.02. The number of nitrogens with zero attached hydrogens (tertiary/aromatic N) is 2. The van der Waals surface area contributed by atoms with Gasteiger partial charge in [-0.25, -0.2) is 4.79 Å². The van der Waals surface area contributed by atoms with Crippen LogP contribution in [0.2, 0.25) is 0 Å². The first kappa shape index (κ1) is 13.1. The number of nitro benzene ring substituents is 1. The molecule has 0 radical (unpaired) electrons. The van der Waals surface area contributed by atoms with E-state index in [1.807, 2.05) is 0 Å². The van der Waals surface area contributed by atoms with Crippen molar-refractivity contribution in [3.63, 3.8) is 0 Å². The number of carboxylic acid groups (broad SMARTS) is 1. The second kappa shape index (κ2) is 5.13. The zero-order valence-electron chi connectivity index (χ0n) is 10.5. The topological polar surface area (TPSA) is 92.9 Å². The molecule has 0 atom stereocenters. The fourth-order valence-electron chi connectivity index (χ4n) is 2.24. The van der Waals surface area contributed by atoms with E-state index in [1.165, 1.54) is 18.1 Å². The molecule has 1 aliphatic heterocycles. The molecular formula is C12H14N2O5. The molecule has 102 valence electrons. The number of hydrogen-bond acceptors (Lipinski definition) is 4. The lowest BCUT2D eigenvalue weighted by Gasteiger charge is -2.14.